The van der Waals surface area contributed by atoms with Crippen molar-refractivity contribution in [3.63, 3.8) is 0 Å². The Balaban J connectivity index is 2.06. The van der Waals surface area contributed by atoms with Gasteiger partial charge < -0.3 is 23.7 Å². The van der Waals surface area contributed by atoms with Gasteiger partial charge >= 0.3 is 11.9 Å². The predicted molar refractivity (Wildman–Crippen MR) is 141 cm³/mol. The highest BCUT2D eigenvalue weighted by molar-refractivity contribution is 6.18. The maximum absolute atomic E-state index is 13.7. The Morgan fingerprint density at radius 3 is 2.11 bits per heavy atom. The number of pyridine rings is 1. The average Bonchev–Trinajstić information content (AvgIpc) is 2.85. The lowest BCUT2D eigenvalue weighted by molar-refractivity contribution is -0.170. The average molecular weight is 524 g/mol. The van der Waals surface area contributed by atoms with E-state index in [0.717, 1.165) is 0 Å². The van der Waals surface area contributed by atoms with E-state index in [9.17, 15) is 14.4 Å². The van der Waals surface area contributed by atoms with Crippen LogP contribution in [0.5, 0.6) is 17.2 Å². The smallest absolute Gasteiger partial charge is 0.350 e. The molecule has 38 heavy (non-hydrogen) atoms. The molecule has 0 aliphatic rings. The summed E-state index contributed by atoms with van der Waals surface area (Å²) in [4.78, 5) is 43.2. The zero-order valence-electron chi connectivity index (χ0n) is 23.0. The Labute approximate surface area is 222 Å². The standard InChI is InChI=1S/C29H33NO8/c1-9-36-26(32)21-16-30-24(20-15-23(35-8)22(34-7)14-19(20)21)25(31)17-11-10-12-18(13-17)37-29(5,6)27(33)38-28(2,3)4/h10-16H,9H2,1-8H3. The Kier molecular flexibility index (Phi) is 8.29. The number of ketones is 1. The number of hydrogen-bond acceptors (Lipinski definition) is 9. The SMILES string of the molecule is CCOC(=O)c1cnc(C(=O)c2cccc(OC(C)(C)C(=O)OC(C)(C)C)c2)c2cc(OC)c(OC)cc12. The summed E-state index contributed by atoms with van der Waals surface area (Å²) in [6.45, 7) is 10.4. The van der Waals surface area contributed by atoms with Gasteiger partial charge in [0.05, 0.1) is 26.4 Å². The number of esters is 2. The van der Waals surface area contributed by atoms with Crippen LogP contribution in [-0.2, 0) is 14.3 Å². The molecule has 1 heterocycles. The number of rotatable bonds is 9. The lowest BCUT2D eigenvalue weighted by Crippen LogP contribution is -2.43. The van der Waals surface area contributed by atoms with Gasteiger partial charge in [-0.2, -0.15) is 0 Å². The molecular formula is C29H33NO8. The van der Waals surface area contributed by atoms with Crippen molar-refractivity contribution in [1.29, 1.82) is 0 Å². The Bertz CT molecular complexity index is 1370. The first-order chi connectivity index (χ1) is 17.8. The Morgan fingerprint density at radius 2 is 1.53 bits per heavy atom. The molecule has 0 atom stereocenters. The number of carbonyl (C=O) groups excluding carboxylic acids is 3. The van der Waals surface area contributed by atoms with E-state index in [2.05, 4.69) is 4.98 Å². The molecule has 0 N–H and O–H groups in total. The van der Waals surface area contributed by atoms with Crippen molar-refractivity contribution in [2.75, 3.05) is 20.8 Å². The minimum atomic E-state index is -1.30. The Hall–Kier alpha value is -4.14. The lowest BCUT2D eigenvalue weighted by Gasteiger charge is -2.29. The quantitative estimate of drug-likeness (QED) is 0.277. The number of nitrogens with zero attached hydrogens (tertiary/aromatic N) is 1. The molecule has 0 saturated carbocycles. The molecule has 0 aliphatic carbocycles. The van der Waals surface area contributed by atoms with Gasteiger partial charge in [0.25, 0.3) is 0 Å². The Morgan fingerprint density at radius 1 is 0.895 bits per heavy atom. The van der Waals surface area contributed by atoms with Gasteiger partial charge in [-0.3, -0.25) is 9.78 Å². The van der Waals surface area contributed by atoms with Crippen molar-refractivity contribution in [1.82, 2.24) is 4.98 Å². The van der Waals surface area contributed by atoms with Gasteiger partial charge in [-0.05, 0) is 65.8 Å². The highest BCUT2D eigenvalue weighted by Crippen LogP contribution is 2.36. The summed E-state index contributed by atoms with van der Waals surface area (Å²) in [7, 11) is 2.95. The molecule has 2 aromatic carbocycles. The van der Waals surface area contributed by atoms with Gasteiger partial charge in [-0.25, -0.2) is 9.59 Å². The van der Waals surface area contributed by atoms with Crippen LogP contribution in [0.1, 0.15) is 68.0 Å². The number of benzene rings is 2. The van der Waals surface area contributed by atoms with Gasteiger partial charge in [-0.1, -0.05) is 12.1 Å². The zero-order valence-corrected chi connectivity index (χ0v) is 23.0. The van der Waals surface area contributed by atoms with Crippen LogP contribution in [0.15, 0.2) is 42.6 Å². The summed E-state index contributed by atoms with van der Waals surface area (Å²) in [5.41, 5.74) is -1.42. The second-order valence-electron chi connectivity index (χ2n) is 9.96. The topological polar surface area (TPSA) is 110 Å². The molecule has 0 saturated heterocycles. The summed E-state index contributed by atoms with van der Waals surface area (Å²) in [6, 6.07) is 9.65. The van der Waals surface area contributed by atoms with Crippen molar-refractivity contribution < 1.29 is 38.1 Å². The van der Waals surface area contributed by atoms with Crippen LogP contribution in [0.25, 0.3) is 10.8 Å². The fraction of sp³-hybridized carbons (Fsp3) is 0.379. The monoisotopic (exact) mass is 523 g/mol. The lowest BCUT2D eigenvalue weighted by atomic mass is 9.99. The van der Waals surface area contributed by atoms with Crippen LogP contribution >= 0.6 is 0 Å². The van der Waals surface area contributed by atoms with E-state index in [1.165, 1.54) is 26.5 Å². The minimum Gasteiger partial charge on any atom is -0.493 e. The van der Waals surface area contributed by atoms with E-state index >= 15 is 0 Å². The van der Waals surface area contributed by atoms with E-state index in [-0.39, 0.29) is 23.4 Å². The molecule has 0 spiro atoms. The van der Waals surface area contributed by atoms with E-state index < -0.39 is 28.9 Å². The minimum absolute atomic E-state index is 0.0950. The number of methoxy groups -OCH3 is 2. The highest BCUT2D eigenvalue weighted by atomic mass is 16.6. The maximum atomic E-state index is 13.7. The highest BCUT2D eigenvalue weighted by Gasteiger charge is 2.35. The van der Waals surface area contributed by atoms with E-state index in [1.807, 2.05) is 0 Å². The summed E-state index contributed by atoms with van der Waals surface area (Å²) < 4.78 is 27.4. The van der Waals surface area contributed by atoms with Crippen molar-refractivity contribution in [3.8, 4) is 17.2 Å². The molecule has 3 rings (SSSR count). The molecule has 0 aliphatic heterocycles. The summed E-state index contributed by atoms with van der Waals surface area (Å²) in [5.74, 6) is -0.472. The first-order valence-corrected chi connectivity index (χ1v) is 12.1. The van der Waals surface area contributed by atoms with Gasteiger partial charge in [0, 0.05) is 22.5 Å². The molecular weight excluding hydrogens is 490 g/mol. The van der Waals surface area contributed by atoms with Crippen LogP contribution in [-0.4, -0.2) is 54.7 Å². The molecule has 0 amide bonds. The normalized spacial score (nSPS) is 11.6. The van der Waals surface area contributed by atoms with Crippen LogP contribution in [0.2, 0.25) is 0 Å². The zero-order chi connectivity index (χ0) is 28.3. The number of carbonyl (C=O) groups is 3. The number of hydrogen-bond donors (Lipinski definition) is 0. The first kappa shape index (κ1) is 28.4. The number of fused-ring (bicyclic) bond motifs is 1. The molecule has 0 radical (unpaired) electrons. The van der Waals surface area contributed by atoms with Gasteiger partial charge in [0.1, 0.15) is 17.0 Å². The third kappa shape index (κ3) is 6.22. The van der Waals surface area contributed by atoms with E-state index in [1.54, 1.807) is 71.9 Å². The molecule has 0 fully saturated rings. The first-order valence-electron chi connectivity index (χ1n) is 12.1. The molecule has 0 bridgehead atoms. The van der Waals surface area contributed by atoms with Crippen LogP contribution in [0.4, 0.5) is 0 Å². The fourth-order valence-corrected chi connectivity index (χ4v) is 3.69. The molecule has 0 unspecified atom stereocenters. The van der Waals surface area contributed by atoms with Crippen LogP contribution in [0, 0.1) is 0 Å². The van der Waals surface area contributed by atoms with Crippen molar-refractivity contribution in [2.45, 2.75) is 52.7 Å². The van der Waals surface area contributed by atoms with E-state index in [4.69, 9.17) is 23.7 Å². The van der Waals surface area contributed by atoms with Gasteiger partial charge in [0.15, 0.2) is 17.1 Å². The number of aromatic nitrogens is 1. The third-order valence-corrected chi connectivity index (χ3v) is 5.46. The van der Waals surface area contributed by atoms with E-state index in [0.29, 0.717) is 28.0 Å². The van der Waals surface area contributed by atoms with Crippen LogP contribution in [0.3, 0.4) is 0 Å². The molecule has 9 heteroatoms. The maximum Gasteiger partial charge on any atom is 0.350 e. The van der Waals surface area contributed by atoms with Gasteiger partial charge in [0.2, 0.25) is 5.78 Å². The predicted octanol–water partition coefficient (Wildman–Crippen LogP) is 5.16. The van der Waals surface area contributed by atoms with Crippen molar-refractivity contribution >= 4 is 28.5 Å². The van der Waals surface area contributed by atoms with Crippen LogP contribution < -0.4 is 14.2 Å². The second kappa shape index (κ2) is 11.1. The summed E-state index contributed by atoms with van der Waals surface area (Å²) in [5, 5.41) is 0.816. The van der Waals surface area contributed by atoms with Gasteiger partial charge in [-0.15, -0.1) is 0 Å². The fourth-order valence-electron chi connectivity index (χ4n) is 3.69. The van der Waals surface area contributed by atoms with Crippen molar-refractivity contribution in [3.05, 3.63) is 59.4 Å². The molecule has 3 aromatic rings. The number of ether oxygens (including phenoxy) is 5. The molecule has 9 nitrogen and oxygen atoms in total. The molecule has 1 aromatic heterocycles. The third-order valence-electron chi connectivity index (χ3n) is 5.46. The summed E-state index contributed by atoms with van der Waals surface area (Å²) in [6.07, 6.45) is 1.31. The second-order valence-corrected chi connectivity index (χ2v) is 9.96. The summed E-state index contributed by atoms with van der Waals surface area (Å²) >= 11 is 0. The largest absolute Gasteiger partial charge is 0.493 e. The molecule has 202 valence electrons. The van der Waals surface area contributed by atoms with Crippen molar-refractivity contribution in [2.24, 2.45) is 0 Å².